The molecule has 1 saturated heterocycles. The van der Waals surface area contributed by atoms with E-state index in [1.54, 1.807) is 13.1 Å². The molecule has 1 aromatic carbocycles. The van der Waals surface area contributed by atoms with E-state index in [1.165, 1.54) is 11.9 Å². The number of imidazole rings is 1. The molecule has 2 aliphatic rings. The second-order valence-electron chi connectivity index (χ2n) is 6.79. The highest BCUT2D eigenvalue weighted by Gasteiger charge is 2.53. The maximum absolute atomic E-state index is 12.8. The highest BCUT2D eigenvalue weighted by molar-refractivity contribution is 6.42. The van der Waals surface area contributed by atoms with Crippen molar-refractivity contribution < 1.29 is 14.2 Å². The summed E-state index contributed by atoms with van der Waals surface area (Å²) in [7, 11) is 3.13. The van der Waals surface area contributed by atoms with Gasteiger partial charge in [-0.05, 0) is 31.5 Å². The number of halogens is 2. The predicted molar refractivity (Wildman–Crippen MR) is 102 cm³/mol. The molecule has 0 bridgehead atoms. The van der Waals surface area contributed by atoms with Crippen molar-refractivity contribution in [1.29, 1.82) is 0 Å². The van der Waals surface area contributed by atoms with Crippen molar-refractivity contribution in [1.82, 2.24) is 14.4 Å². The zero-order valence-electron chi connectivity index (χ0n) is 15.3. The molecule has 0 saturated carbocycles. The molecule has 4 rings (SSSR count). The van der Waals surface area contributed by atoms with Crippen molar-refractivity contribution in [2.45, 2.75) is 26.4 Å². The van der Waals surface area contributed by atoms with Gasteiger partial charge in [-0.1, -0.05) is 34.3 Å². The lowest BCUT2D eigenvalue weighted by Crippen LogP contribution is -2.56. The number of aliphatic imine (C=N–C) groups is 1. The fourth-order valence-electron chi connectivity index (χ4n) is 3.59. The molecular weight excluding hydrogens is 389 g/mol. The summed E-state index contributed by atoms with van der Waals surface area (Å²) >= 11 is 12.2. The maximum atomic E-state index is 12.8. The SMILES string of the molecule is Cc1c(C)[n+](Cc2ccc(Cl)c(Cl)c2)c2n1C1C(=O)N(C)C(=O)N(C)C1=N2. The first-order valence-corrected chi connectivity index (χ1v) is 9.17. The van der Waals surface area contributed by atoms with Crippen molar-refractivity contribution in [2.75, 3.05) is 14.1 Å². The van der Waals surface area contributed by atoms with E-state index in [0.29, 0.717) is 28.4 Å². The molecule has 0 spiro atoms. The number of amides is 3. The standard InChI is InChI=1S/C18H18Cl2N5O2/c1-9-10(2)25-14-15(22(3)18(27)23(4)16(14)26)21-17(25)24(9)8-11-5-6-12(19)13(20)7-11/h5-7,14H,8H2,1-4H3/q+1. The predicted octanol–water partition coefficient (Wildman–Crippen LogP) is 2.86. The summed E-state index contributed by atoms with van der Waals surface area (Å²) in [5.41, 5.74) is 2.89. The molecule has 0 N–H and O–H groups in total. The van der Waals surface area contributed by atoms with E-state index in [0.717, 1.165) is 21.9 Å². The summed E-state index contributed by atoms with van der Waals surface area (Å²) in [5, 5.41) is 0.988. The molecule has 1 aromatic heterocycles. The smallest absolute Gasteiger partial charge is 0.270 e. The highest BCUT2D eigenvalue weighted by Crippen LogP contribution is 2.35. The molecule has 0 radical (unpaired) electrons. The molecule has 1 atom stereocenters. The Hall–Kier alpha value is -2.38. The number of carbonyl (C=O) groups excluding carboxylic acids is 2. The van der Waals surface area contributed by atoms with Gasteiger partial charge in [0, 0.05) is 14.1 Å². The molecular formula is C18H18Cl2N5O2+. The number of urea groups is 1. The Kier molecular flexibility index (Phi) is 4.05. The number of benzene rings is 1. The highest BCUT2D eigenvalue weighted by atomic mass is 35.5. The number of imide groups is 1. The fraction of sp³-hybridized carbons (Fsp3) is 0.333. The van der Waals surface area contributed by atoms with Gasteiger partial charge in [-0.2, -0.15) is 0 Å². The summed E-state index contributed by atoms with van der Waals surface area (Å²) < 4.78 is 3.91. The van der Waals surface area contributed by atoms with Crippen molar-refractivity contribution in [3.8, 4) is 0 Å². The molecule has 3 heterocycles. The van der Waals surface area contributed by atoms with Crippen molar-refractivity contribution in [3.63, 3.8) is 0 Å². The molecule has 1 fully saturated rings. The van der Waals surface area contributed by atoms with Gasteiger partial charge in [0.05, 0.1) is 16.6 Å². The van der Waals surface area contributed by atoms with Gasteiger partial charge in [0.2, 0.25) is 11.9 Å². The number of likely N-dealkylation sites (N-methyl/N-ethyl adjacent to an activating group) is 2. The minimum atomic E-state index is -0.624. The average molecular weight is 407 g/mol. The Balaban J connectivity index is 1.83. The third-order valence-corrected chi connectivity index (χ3v) is 6.01. The quantitative estimate of drug-likeness (QED) is 0.719. The molecule has 140 valence electrons. The summed E-state index contributed by atoms with van der Waals surface area (Å²) in [6, 6.07) is 4.48. The van der Waals surface area contributed by atoms with Gasteiger partial charge in [-0.3, -0.25) is 14.6 Å². The summed E-state index contributed by atoms with van der Waals surface area (Å²) in [6.45, 7) is 4.46. The van der Waals surface area contributed by atoms with Gasteiger partial charge in [-0.15, -0.1) is 0 Å². The van der Waals surface area contributed by atoms with E-state index in [1.807, 2.05) is 35.1 Å². The Morgan fingerprint density at radius 2 is 1.81 bits per heavy atom. The number of hydrogen-bond acceptors (Lipinski definition) is 3. The van der Waals surface area contributed by atoms with Gasteiger partial charge in [0.1, 0.15) is 11.4 Å². The van der Waals surface area contributed by atoms with Crippen LogP contribution in [0.4, 0.5) is 10.7 Å². The minimum absolute atomic E-state index is 0.282. The molecule has 3 amide bonds. The Morgan fingerprint density at radius 1 is 1.11 bits per heavy atom. The zero-order chi connectivity index (χ0) is 19.6. The minimum Gasteiger partial charge on any atom is -0.270 e. The van der Waals surface area contributed by atoms with Crippen LogP contribution in [0.2, 0.25) is 10.0 Å². The fourth-order valence-corrected chi connectivity index (χ4v) is 3.91. The van der Waals surface area contributed by atoms with Gasteiger partial charge < -0.3 is 0 Å². The van der Waals surface area contributed by atoms with Crippen LogP contribution >= 0.6 is 23.2 Å². The zero-order valence-corrected chi connectivity index (χ0v) is 16.8. The van der Waals surface area contributed by atoms with E-state index in [2.05, 4.69) is 4.99 Å². The number of carbonyl (C=O) groups is 2. The Bertz CT molecular complexity index is 1040. The van der Waals surface area contributed by atoms with Gasteiger partial charge in [-0.25, -0.2) is 13.9 Å². The molecule has 0 aliphatic carbocycles. The topological polar surface area (TPSA) is 61.8 Å². The van der Waals surface area contributed by atoms with Crippen LogP contribution in [0.25, 0.3) is 0 Å². The first-order valence-electron chi connectivity index (χ1n) is 8.41. The van der Waals surface area contributed by atoms with Crippen LogP contribution in [0.5, 0.6) is 0 Å². The number of hydrogen-bond donors (Lipinski definition) is 0. The number of nitrogens with zero attached hydrogens (tertiary/aromatic N) is 5. The molecule has 2 aromatic rings. The number of fused-ring (bicyclic) bond motifs is 3. The monoisotopic (exact) mass is 406 g/mol. The Labute approximate surface area is 166 Å². The number of rotatable bonds is 2. The lowest BCUT2D eigenvalue weighted by molar-refractivity contribution is -0.680. The number of aromatic nitrogens is 2. The van der Waals surface area contributed by atoms with Gasteiger partial charge >= 0.3 is 12.0 Å². The molecule has 1 unspecified atom stereocenters. The van der Waals surface area contributed by atoms with Crippen LogP contribution in [-0.4, -0.2) is 46.2 Å². The van der Waals surface area contributed by atoms with Gasteiger partial charge in [0.25, 0.3) is 5.91 Å². The third kappa shape index (κ3) is 2.49. The summed E-state index contributed by atoms with van der Waals surface area (Å²) in [6.07, 6.45) is 0. The summed E-state index contributed by atoms with van der Waals surface area (Å²) in [5.74, 6) is 0.804. The largest absolute Gasteiger partial charge is 0.402 e. The third-order valence-electron chi connectivity index (χ3n) is 5.27. The van der Waals surface area contributed by atoms with Crippen LogP contribution in [0.15, 0.2) is 23.2 Å². The Morgan fingerprint density at radius 3 is 2.48 bits per heavy atom. The lowest BCUT2D eigenvalue weighted by atomic mass is 10.1. The van der Waals surface area contributed by atoms with E-state index in [9.17, 15) is 9.59 Å². The average Bonchev–Trinajstić information content (AvgIpc) is 3.13. The molecule has 9 heteroatoms. The van der Waals surface area contributed by atoms with E-state index < -0.39 is 6.04 Å². The van der Waals surface area contributed by atoms with Crippen LogP contribution in [0, 0.1) is 13.8 Å². The second-order valence-corrected chi connectivity index (χ2v) is 7.60. The van der Waals surface area contributed by atoms with Crippen LogP contribution in [0.3, 0.4) is 0 Å². The van der Waals surface area contributed by atoms with Crippen LogP contribution in [-0.2, 0) is 11.3 Å². The molecule has 2 aliphatic heterocycles. The van der Waals surface area contributed by atoms with Crippen LogP contribution < -0.4 is 4.57 Å². The van der Waals surface area contributed by atoms with Gasteiger partial charge in [0.15, 0.2) is 0 Å². The lowest BCUT2D eigenvalue weighted by Gasteiger charge is -2.30. The first kappa shape index (κ1) is 18.0. The molecule has 27 heavy (non-hydrogen) atoms. The van der Waals surface area contributed by atoms with Crippen LogP contribution in [0.1, 0.15) is 23.0 Å². The van der Waals surface area contributed by atoms with Crippen molar-refractivity contribution >= 4 is 46.9 Å². The van der Waals surface area contributed by atoms with Crippen molar-refractivity contribution in [2.24, 2.45) is 4.99 Å². The maximum Gasteiger partial charge on any atom is 0.402 e. The molecule has 7 nitrogen and oxygen atoms in total. The first-order chi connectivity index (χ1) is 12.7. The number of amidine groups is 1. The normalized spacial score (nSPS) is 18.7. The van der Waals surface area contributed by atoms with E-state index in [-0.39, 0.29) is 11.9 Å². The van der Waals surface area contributed by atoms with E-state index >= 15 is 0 Å². The second kappa shape index (κ2) is 6.07. The van der Waals surface area contributed by atoms with Crippen molar-refractivity contribution in [3.05, 3.63) is 45.2 Å². The summed E-state index contributed by atoms with van der Waals surface area (Å²) in [4.78, 5) is 32.2. The van der Waals surface area contributed by atoms with E-state index in [4.69, 9.17) is 23.2 Å².